The van der Waals surface area contributed by atoms with Crippen molar-refractivity contribution in [2.75, 3.05) is 6.61 Å². The minimum Gasteiger partial charge on any atom is -0.464 e. The Kier molecular flexibility index (Phi) is 3.16. The first-order chi connectivity index (χ1) is 13.1. The Labute approximate surface area is 154 Å². The highest BCUT2D eigenvalue weighted by Crippen LogP contribution is 2.57. The number of carbonyl (C=O) groups excluding carboxylic acids is 2. The standard InChI is InChI=1S/C21H15N3O3/c22-19(25)18-16-6-1-2-7-17(16)24(23-18)15-5-3-4-13(10-15)8-9-21-11-14(21)12-27-20(21)26/h1-7,10,14H,11-12H2,(H2,22,25)/t14?,21-/m0/s1. The van der Waals surface area contributed by atoms with Crippen molar-refractivity contribution in [1.29, 1.82) is 0 Å². The molecule has 1 aliphatic carbocycles. The van der Waals surface area contributed by atoms with Gasteiger partial charge in [0.1, 0.15) is 5.41 Å². The van der Waals surface area contributed by atoms with Crippen LogP contribution in [-0.4, -0.2) is 28.3 Å². The molecule has 1 aromatic heterocycles. The number of rotatable bonds is 2. The molecule has 1 aliphatic heterocycles. The first-order valence-electron chi connectivity index (χ1n) is 8.67. The van der Waals surface area contributed by atoms with Crippen LogP contribution < -0.4 is 5.73 Å². The Morgan fingerprint density at radius 1 is 1.26 bits per heavy atom. The first-order valence-corrected chi connectivity index (χ1v) is 8.67. The number of para-hydroxylation sites is 1. The topological polar surface area (TPSA) is 87.2 Å². The van der Waals surface area contributed by atoms with Crippen LogP contribution in [-0.2, 0) is 9.53 Å². The molecule has 1 unspecified atom stereocenters. The molecule has 0 radical (unpaired) electrons. The fourth-order valence-electron chi connectivity index (χ4n) is 3.63. The molecule has 2 heterocycles. The largest absolute Gasteiger partial charge is 0.464 e. The first kappa shape index (κ1) is 15.6. The smallest absolute Gasteiger partial charge is 0.324 e. The molecule has 6 heteroatoms. The van der Waals surface area contributed by atoms with Crippen molar-refractivity contribution >= 4 is 22.8 Å². The summed E-state index contributed by atoms with van der Waals surface area (Å²) in [5.41, 5.74) is 7.43. The highest BCUT2D eigenvalue weighted by Gasteiger charge is 2.65. The second kappa shape index (κ2) is 5.45. The third-order valence-electron chi connectivity index (χ3n) is 5.23. The van der Waals surface area contributed by atoms with Gasteiger partial charge in [0, 0.05) is 16.9 Å². The maximum Gasteiger partial charge on any atom is 0.324 e. The second-order valence-corrected chi connectivity index (χ2v) is 6.91. The number of nitrogens with two attached hydrogens (primary N) is 1. The van der Waals surface area contributed by atoms with Crippen LogP contribution in [0.4, 0.5) is 0 Å². The maximum absolute atomic E-state index is 11.9. The molecular formula is C21H15N3O3. The van der Waals surface area contributed by atoms with Crippen LogP contribution in [0.5, 0.6) is 0 Å². The zero-order chi connectivity index (χ0) is 18.6. The van der Waals surface area contributed by atoms with E-state index in [1.807, 2.05) is 48.5 Å². The molecule has 2 aromatic carbocycles. The Balaban J connectivity index is 1.57. The van der Waals surface area contributed by atoms with Crippen molar-refractivity contribution in [2.24, 2.45) is 17.1 Å². The van der Waals surface area contributed by atoms with E-state index in [4.69, 9.17) is 10.5 Å². The van der Waals surface area contributed by atoms with E-state index in [-0.39, 0.29) is 17.6 Å². The molecule has 0 bridgehead atoms. The summed E-state index contributed by atoms with van der Waals surface area (Å²) in [5, 5.41) is 5.10. The summed E-state index contributed by atoms with van der Waals surface area (Å²) in [6.07, 6.45) is 0.782. The van der Waals surface area contributed by atoms with E-state index in [0.717, 1.165) is 23.2 Å². The van der Waals surface area contributed by atoms with Gasteiger partial charge in [0.2, 0.25) is 0 Å². The third kappa shape index (κ3) is 2.32. The Bertz CT molecular complexity index is 1180. The number of carbonyl (C=O) groups is 2. The molecule has 1 amide bonds. The van der Waals surface area contributed by atoms with Crippen LogP contribution in [0, 0.1) is 23.2 Å². The summed E-state index contributed by atoms with van der Waals surface area (Å²) in [7, 11) is 0. The van der Waals surface area contributed by atoms with Gasteiger partial charge in [-0.25, -0.2) is 4.68 Å². The highest BCUT2D eigenvalue weighted by atomic mass is 16.5. The SMILES string of the molecule is NC(=O)c1nn(-c2cccc(C#C[C@]34CC3COC4=O)c2)c2ccccc12. The molecule has 132 valence electrons. The lowest BCUT2D eigenvalue weighted by molar-refractivity contribution is -0.142. The molecule has 5 rings (SSSR count). The summed E-state index contributed by atoms with van der Waals surface area (Å²) >= 11 is 0. The van der Waals surface area contributed by atoms with E-state index in [2.05, 4.69) is 16.9 Å². The summed E-state index contributed by atoms with van der Waals surface area (Å²) in [4.78, 5) is 23.6. The average Bonchev–Trinajstić information content (AvgIpc) is 3.12. The zero-order valence-electron chi connectivity index (χ0n) is 14.3. The Morgan fingerprint density at radius 2 is 2.11 bits per heavy atom. The molecule has 2 N–H and O–H groups in total. The van der Waals surface area contributed by atoms with E-state index in [9.17, 15) is 9.59 Å². The number of fused-ring (bicyclic) bond motifs is 2. The van der Waals surface area contributed by atoms with Crippen LogP contribution in [0.2, 0.25) is 0 Å². The summed E-state index contributed by atoms with van der Waals surface area (Å²) < 4.78 is 6.76. The minimum absolute atomic E-state index is 0.208. The van der Waals surface area contributed by atoms with Crippen molar-refractivity contribution in [2.45, 2.75) is 6.42 Å². The van der Waals surface area contributed by atoms with E-state index in [0.29, 0.717) is 12.0 Å². The molecule has 2 aliphatic rings. The molecule has 1 saturated carbocycles. The molecule has 6 nitrogen and oxygen atoms in total. The predicted molar refractivity (Wildman–Crippen MR) is 98.0 cm³/mol. The molecule has 1 saturated heterocycles. The second-order valence-electron chi connectivity index (χ2n) is 6.91. The molecule has 27 heavy (non-hydrogen) atoms. The number of esters is 1. The van der Waals surface area contributed by atoms with Crippen LogP contribution in [0.25, 0.3) is 16.6 Å². The third-order valence-corrected chi connectivity index (χ3v) is 5.23. The quantitative estimate of drug-likeness (QED) is 0.562. The normalized spacial score (nSPS) is 22.7. The molecular weight excluding hydrogens is 342 g/mol. The number of ether oxygens (including phenoxy) is 1. The van der Waals surface area contributed by atoms with Gasteiger partial charge < -0.3 is 10.5 Å². The number of amides is 1. The van der Waals surface area contributed by atoms with E-state index < -0.39 is 11.3 Å². The van der Waals surface area contributed by atoms with Crippen molar-refractivity contribution < 1.29 is 14.3 Å². The number of aromatic nitrogens is 2. The monoisotopic (exact) mass is 357 g/mol. The van der Waals surface area contributed by atoms with Gasteiger partial charge in [-0.15, -0.1) is 0 Å². The molecule has 2 atom stereocenters. The molecule has 0 spiro atoms. The number of hydrogen-bond donors (Lipinski definition) is 1. The van der Waals surface area contributed by atoms with Crippen LogP contribution in [0.15, 0.2) is 48.5 Å². The van der Waals surface area contributed by atoms with Gasteiger partial charge in [-0.1, -0.05) is 36.1 Å². The maximum atomic E-state index is 11.9. The van der Waals surface area contributed by atoms with Gasteiger partial charge in [-0.3, -0.25) is 9.59 Å². The van der Waals surface area contributed by atoms with Crippen LogP contribution >= 0.6 is 0 Å². The summed E-state index contributed by atoms with van der Waals surface area (Å²) in [6, 6.07) is 14.9. The lowest BCUT2D eigenvalue weighted by Crippen LogP contribution is -2.12. The fourth-order valence-corrected chi connectivity index (χ4v) is 3.63. The van der Waals surface area contributed by atoms with Crippen molar-refractivity contribution in [3.8, 4) is 17.5 Å². The van der Waals surface area contributed by atoms with E-state index >= 15 is 0 Å². The number of cyclic esters (lactones) is 1. The van der Waals surface area contributed by atoms with Crippen molar-refractivity contribution in [3.63, 3.8) is 0 Å². The average molecular weight is 357 g/mol. The summed E-state index contributed by atoms with van der Waals surface area (Å²) in [6.45, 7) is 0.475. The van der Waals surface area contributed by atoms with Crippen molar-refractivity contribution in [1.82, 2.24) is 9.78 Å². The van der Waals surface area contributed by atoms with Gasteiger partial charge in [0.05, 0.1) is 17.8 Å². The van der Waals surface area contributed by atoms with Gasteiger partial charge in [0.25, 0.3) is 5.91 Å². The Morgan fingerprint density at radius 3 is 2.85 bits per heavy atom. The lowest BCUT2D eigenvalue weighted by Gasteiger charge is -2.04. The highest BCUT2D eigenvalue weighted by molar-refractivity contribution is 6.04. The van der Waals surface area contributed by atoms with Gasteiger partial charge in [-0.2, -0.15) is 5.10 Å². The number of benzene rings is 2. The summed E-state index contributed by atoms with van der Waals surface area (Å²) in [5.74, 6) is 5.66. The van der Waals surface area contributed by atoms with E-state index in [1.54, 1.807) is 4.68 Å². The van der Waals surface area contributed by atoms with Gasteiger partial charge in [0.15, 0.2) is 5.69 Å². The van der Waals surface area contributed by atoms with Gasteiger partial charge in [-0.05, 0) is 30.7 Å². The molecule has 3 aromatic rings. The van der Waals surface area contributed by atoms with Crippen LogP contribution in [0.3, 0.4) is 0 Å². The van der Waals surface area contributed by atoms with Crippen LogP contribution in [0.1, 0.15) is 22.5 Å². The molecule has 2 fully saturated rings. The number of nitrogens with zero attached hydrogens (tertiary/aromatic N) is 2. The number of primary amides is 1. The minimum atomic E-state index is -0.604. The fraction of sp³-hybridized carbons (Fsp3) is 0.190. The predicted octanol–water partition coefficient (Wildman–Crippen LogP) is 2.04. The Hall–Kier alpha value is -3.59. The van der Waals surface area contributed by atoms with E-state index in [1.165, 1.54) is 0 Å². The van der Waals surface area contributed by atoms with Gasteiger partial charge >= 0.3 is 5.97 Å². The van der Waals surface area contributed by atoms with Crippen molar-refractivity contribution in [3.05, 3.63) is 59.8 Å². The number of hydrogen-bond acceptors (Lipinski definition) is 4. The lowest BCUT2D eigenvalue weighted by atomic mass is 10.1. The zero-order valence-corrected chi connectivity index (χ0v) is 14.3.